The van der Waals surface area contributed by atoms with Gasteiger partial charge in [0.25, 0.3) is 0 Å². The van der Waals surface area contributed by atoms with Crippen molar-refractivity contribution in [1.82, 2.24) is 14.5 Å². The van der Waals surface area contributed by atoms with Gasteiger partial charge in [0.15, 0.2) is 0 Å². The molecule has 0 fully saturated rings. The van der Waals surface area contributed by atoms with Crippen molar-refractivity contribution in [2.45, 2.75) is 4.90 Å². The zero-order valence-corrected chi connectivity index (χ0v) is 10.3. The Morgan fingerprint density at radius 1 is 1.24 bits per heavy atom. The summed E-state index contributed by atoms with van der Waals surface area (Å²) in [7, 11) is 2.35. The van der Waals surface area contributed by atoms with Crippen molar-refractivity contribution >= 4 is 17.0 Å². The van der Waals surface area contributed by atoms with Crippen LogP contribution in [0, 0.1) is 0 Å². The average molecular weight is 252 g/mol. The van der Waals surface area contributed by atoms with Gasteiger partial charge in [-0.05, 0) is 38.4 Å². The van der Waals surface area contributed by atoms with Crippen LogP contribution in [-0.4, -0.2) is 32.8 Å². The fourth-order valence-corrected chi connectivity index (χ4v) is 2.07. The second-order valence-corrected chi connectivity index (χ2v) is 5.23. The molecule has 2 aromatic rings. The zero-order chi connectivity index (χ0) is 12.4. The fraction of sp³-hybridized carbons (Fsp3) is 0.200. The number of rotatable bonds is 3. The van der Waals surface area contributed by atoms with Crippen LogP contribution in [0.5, 0.6) is 0 Å². The largest absolute Gasteiger partial charge is 0.404 e. The molecule has 1 heterocycles. The van der Waals surface area contributed by atoms with Crippen molar-refractivity contribution in [1.29, 1.82) is 0 Å². The Bertz CT molecular complexity index is 535. The van der Waals surface area contributed by atoms with E-state index in [0.717, 1.165) is 5.56 Å². The van der Waals surface area contributed by atoms with Gasteiger partial charge in [-0.2, -0.15) is 0 Å². The summed E-state index contributed by atoms with van der Waals surface area (Å²) in [4.78, 5) is 0.714. The first-order valence-electron chi connectivity index (χ1n) is 4.86. The Kier molecular flexibility index (Phi) is 3.21. The molecule has 1 unspecified atom stereocenters. The van der Waals surface area contributed by atoms with Gasteiger partial charge in [0, 0.05) is 5.56 Å². The molecule has 0 saturated heterocycles. The summed E-state index contributed by atoms with van der Waals surface area (Å²) in [6.45, 7) is 0. The molecule has 0 spiro atoms. The Morgan fingerprint density at radius 3 is 2.35 bits per heavy atom. The number of hydrogen-bond acceptors (Lipinski definition) is 5. The van der Waals surface area contributed by atoms with E-state index in [1.54, 1.807) is 42.7 Å². The van der Waals surface area contributed by atoms with Crippen molar-refractivity contribution in [3.8, 4) is 11.5 Å². The van der Waals surface area contributed by atoms with E-state index in [1.165, 1.54) is 0 Å². The van der Waals surface area contributed by atoms with Crippen LogP contribution in [-0.2, 0) is 11.0 Å². The topological polar surface area (TPSA) is 85.2 Å². The molecule has 0 aliphatic rings. The van der Waals surface area contributed by atoms with Gasteiger partial charge in [-0.3, -0.25) is 0 Å². The molecule has 1 atom stereocenters. The summed E-state index contributed by atoms with van der Waals surface area (Å²) >= 11 is 0. The van der Waals surface area contributed by atoms with Gasteiger partial charge in [-0.15, -0.1) is 5.10 Å². The SMILES string of the molecule is CN(C)S(=O)c1ccc(-c2nnc(N)o2)cc1. The van der Waals surface area contributed by atoms with E-state index in [4.69, 9.17) is 10.2 Å². The highest BCUT2D eigenvalue weighted by molar-refractivity contribution is 7.82. The highest BCUT2D eigenvalue weighted by Crippen LogP contribution is 2.20. The molecule has 1 aromatic heterocycles. The fourth-order valence-electron chi connectivity index (χ4n) is 1.28. The first-order chi connectivity index (χ1) is 8.08. The summed E-state index contributed by atoms with van der Waals surface area (Å²) in [5, 5.41) is 7.34. The Morgan fingerprint density at radius 2 is 1.88 bits per heavy atom. The number of aromatic nitrogens is 2. The van der Waals surface area contributed by atoms with Crippen LogP contribution < -0.4 is 5.73 Å². The summed E-state index contributed by atoms with van der Waals surface area (Å²) in [6.07, 6.45) is 0. The quantitative estimate of drug-likeness (QED) is 0.877. The van der Waals surface area contributed by atoms with E-state index in [2.05, 4.69) is 10.2 Å². The molecule has 17 heavy (non-hydrogen) atoms. The van der Waals surface area contributed by atoms with Crippen LogP contribution in [0.1, 0.15) is 0 Å². The molecule has 0 radical (unpaired) electrons. The maximum atomic E-state index is 11.8. The minimum atomic E-state index is -1.15. The highest BCUT2D eigenvalue weighted by atomic mass is 32.2. The van der Waals surface area contributed by atoms with E-state index in [0.29, 0.717) is 10.8 Å². The standard InChI is InChI=1S/C10H12N4O2S/c1-14(2)17(15)8-5-3-7(4-6-8)9-12-13-10(11)16-9/h3-6H,1-2H3,(H2,11,13). The first kappa shape index (κ1) is 11.7. The van der Waals surface area contributed by atoms with Crippen molar-refractivity contribution in [2.75, 3.05) is 19.8 Å². The molecular formula is C10H12N4O2S. The van der Waals surface area contributed by atoms with Gasteiger partial charge in [-0.25, -0.2) is 8.51 Å². The summed E-state index contributed by atoms with van der Waals surface area (Å²) < 4.78 is 18.5. The van der Waals surface area contributed by atoms with Crippen molar-refractivity contribution < 1.29 is 8.63 Å². The number of nitrogens with two attached hydrogens (primary N) is 1. The number of hydrogen-bond donors (Lipinski definition) is 1. The lowest BCUT2D eigenvalue weighted by Gasteiger charge is -2.08. The molecular weight excluding hydrogens is 240 g/mol. The van der Waals surface area contributed by atoms with E-state index < -0.39 is 11.0 Å². The van der Waals surface area contributed by atoms with Gasteiger partial charge in [0.05, 0.1) is 4.90 Å². The molecule has 7 heteroatoms. The van der Waals surface area contributed by atoms with Crippen molar-refractivity contribution in [3.63, 3.8) is 0 Å². The Labute approximate surface area is 101 Å². The molecule has 0 saturated carbocycles. The first-order valence-corrected chi connectivity index (χ1v) is 5.97. The smallest absolute Gasteiger partial charge is 0.313 e. The van der Waals surface area contributed by atoms with Crippen molar-refractivity contribution in [2.24, 2.45) is 0 Å². The van der Waals surface area contributed by atoms with E-state index in [9.17, 15) is 4.21 Å². The monoisotopic (exact) mass is 252 g/mol. The van der Waals surface area contributed by atoms with Crippen LogP contribution in [0.25, 0.3) is 11.5 Å². The maximum Gasteiger partial charge on any atom is 0.313 e. The molecule has 90 valence electrons. The van der Waals surface area contributed by atoms with Gasteiger partial charge in [0.1, 0.15) is 11.0 Å². The molecule has 2 N–H and O–H groups in total. The third-order valence-electron chi connectivity index (χ3n) is 2.08. The third-order valence-corrected chi connectivity index (χ3v) is 3.41. The zero-order valence-electron chi connectivity index (χ0n) is 9.45. The summed E-state index contributed by atoms with van der Waals surface area (Å²) in [5.41, 5.74) is 6.08. The Balaban J connectivity index is 2.27. The molecule has 0 bridgehead atoms. The van der Waals surface area contributed by atoms with Crippen LogP contribution in [0.15, 0.2) is 33.6 Å². The molecule has 0 aliphatic carbocycles. The van der Waals surface area contributed by atoms with Crippen LogP contribution >= 0.6 is 0 Å². The van der Waals surface area contributed by atoms with Crippen molar-refractivity contribution in [3.05, 3.63) is 24.3 Å². The van der Waals surface area contributed by atoms with Gasteiger partial charge in [-0.1, -0.05) is 5.10 Å². The predicted octanol–water partition coefficient (Wildman–Crippen LogP) is 0.903. The van der Waals surface area contributed by atoms with E-state index in [-0.39, 0.29) is 6.01 Å². The second kappa shape index (κ2) is 4.64. The minimum absolute atomic E-state index is 0.0287. The maximum absolute atomic E-state index is 11.8. The van der Waals surface area contributed by atoms with Crippen LogP contribution in [0.3, 0.4) is 0 Å². The number of nitrogens with zero attached hydrogens (tertiary/aromatic N) is 3. The number of benzene rings is 1. The molecule has 1 aromatic carbocycles. The molecule has 6 nitrogen and oxygen atoms in total. The number of anilines is 1. The second-order valence-electron chi connectivity index (χ2n) is 3.53. The molecule has 0 amide bonds. The van der Waals surface area contributed by atoms with Gasteiger partial charge < -0.3 is 10.2 Å². The van der Waals surface area contributed by atoms with Crippen LogP contribution in [0.2, 0.25) is 0 Å². The van der Waals surface area contributed by atoms with E-state index in [1.807, 2.05) is 0 Å². The van der Waals surface area contributed by atoms with Gasteiger partial charge in [0.2, 0.25) is 5.89 Å². The predicted molar refractivity (Wildman–Crippen MR) is 64.2 cm³/mol. The van der Waals surface area contributed by atoms with Gasteiger partial charge >= 0.3 is 6.01 Å². The van der Waals surface area contributed by atoms with Crippen LogP contribution in [0.4, 0.5) is 6.01 Å². The minimum Gasteiger partial charge on any atom is -0.404 e. The average Bonchev–Trinajstić information content (AvgIpc) is 2.75. The lowest BCUT2D eigenvalue weighted by Crippen LogP contribution is -2.15. The molecule has 0 aliphatic heterocycles. The summed E-state index contributed by atoms with van der Waals surface area (Å²) in [6, 6.07) is 7.08. The Hall–Kier alpha value is -1.73. The summed E-state index contributed by atoms with van der Waals surface area (Å²) in [5.74, 6) is 0.352. The third kappa shape index (κ3) is 2.51. The van der Waals surface area contributed by atoms with E-state index >= 15 is 0 Å². The molecule has 2 rings (SSSR count). The lowest BCUT2D eigenvalue weighted by molar-refractivity contribution is 0.590. The highest BCUT2D eigenvalue weighted by Gasteiger charge is 2.09. The number of nitrogen functional groups attached to an aromatic ring is 1. The lowest BCUT2D eigenvalue weighted by atomic mass is 10.2. The normalized spacial score (nSPS) is 12.9.